The Morgan fingerprint density at radius 1 is 0.850 bits per heavy atom. The van der Waals surface area contributed by atoms with Crippen LogP contribution in [-0.4, -0.2) is 51.6 Å². The molecule has 0 saturated carbocycles. The summed E-state index contributed by atoms with van der Waals surface area (Å²) >= 11 is 6.09. The van der Waals surface area contributed by atoms with Crippen LogP contribution < -0.4 is 5.32 Å². The number of imide groups is 1. The van der Waals surface area contributed by atoms with Crippen molar-refractivity contribution in [3.05, 3.63) is 106 Å². The Morgan fingerprint density at radius 3 is 2.00 bits per heavy atom. The number of halogens is 1. The molecule has 208 valence electrons. The molecule has 1 N–H and O–H groups in total. The van der Waals surface area contributed by atoms with E-state index < -0.39 is 11.6 Å². The van der Waals surface area contributed by atoms with Crippen molar-refractivity contribution in [2.24, 2.45) is 0 Å². The second kappa shape index (κ2) is 12.5. The second-order valence-corrected chi connectivity index (χ2v) is 11.4. The number of carbonyl (C=O) groups is 4. The van der Waals surface area contributed by atoms with E-state index in [0.717, 1.165) is 11.1 Å². The topological polar surface area (TPSA) is 86.8 Å². The van der Waals surface area contributed by atoms with Crippen molar-refractivity contribution in [3.63, 3.8) is 0 Å². The van der Waals surface area contributed by atoms with Gasteiger partial charge in [0, 0.05) is 36.5 Å². The van der Waals surface area contributed by atoms with Crippen molar-refractivity contribution >= 4 is 35.2 Å². The molecule has 0 fully saturated rings. The summed E-state index contributed by atoms with van der Waals surface area (Å²) in [4.78, 5) is 55.7. The highest BCUT2D eigenvalue weighted by Gasteiger charge is 2.36. The predicted molar refractivity (Wildman–Crippen MR) is 155 cm³/mol. The molecule has 3 aromatic rings. The van der Waals surface area contributed by atoms with Gasteiger partial charge in [-0.2, -0.15) is 0 Å². The highest BCUT2D eigenvalue weighted by Crippen LogP contribution is 2.23. The molecule has 1 atom stereocenters. The number of nitrogens with one attached hydrogen (secondary N) is 1. The number of rotatable bonds is 10. The molecule has 1 aliphatic heterocycles. The summed E-state index contributed by atoms with van der Waals surface area (Å²) in [7, 11) is 0. The van der Waals surface area contributed by atoms with E-state index in [-0.39, 0.29) is 49.6 Å². The summed E-state index contributed by atoms with van der Waals surface area (Å²) in [5, 5.41) is 3.62. The van der Waals surface area contributed by atoms with Crippen molar-refractivity contribution in [3.8, 4) is 0 Å². The zero-order valence-corrected chi connectivity index (χ0v) is 23.8. The molecule has 0 aromatic heterocycles. The van der Waals surface area contributed by atoms with Crippen LogP contribution in [0, 0.1) is 0 Å². The van der Waals surface area contributed by atoms with Gasteiger partial charge in [-0.25, -0.2) is 0 Å². The van der Waals surface area contributed by atoms with Gasteiger partial charge < -0.3 is 10.2 Å². The third-order valence-corrected chi connectivity index (χ3v) is 6.94. The summed E-state index contributed by atoms with van der Waals surface area (Å²) in [5.41, 5.74) is 2.03. The highest BCUT2D eigenvalue weighted by atomic mass is 35.5. The molecule has 8 heteroatoms. The van der Waals surface area contributed by atoms with Crippen LogP contribution in [-0.2, 0) is 22.6 Å². The van der Waals surface area contributed by atoms with Gasteiger partial charge in [0.1, 0.15) is 6.04 Å². The molecule has 1 heterocycles. The lowest BCUT2D eigenvalue weighted by atomic mass is 10.00. The van der Waals surface area contributed by atoms with Crippen LogP contribution in [0.3, 0.4) is 0 Å². The van der Waals surface area contributed by atoms with Gasteiger partial charge in [0.25, 0.3) is 11.8 Å². The smallest absolute Gasteiger partial charge is 0.261 e. The minimum absolute atomic E-state index is 0.0646. The van der Waals surface area contributed by atoms with Crippen LogP contribution in [0.1, 0.15) is 65.5 Å². The van der Waals surface area contributed by atoms with Crippen molar-refractivity contribution in [2.45, 2.75) is 58.2 Å². The Labute approximate surface area is 240 Å². The molecule has 0 aliphatic carbocycles. The van der Waals surface area contributed by atoms with Gasteiger partial charge in [0.2, 0.25) is 11.8 Å². The predicted octanol–water partition coefficient (Wildman–Crippen LogP) is 5.27. The lowest BCUT2D eigenvalue weighted by Crippen LogP contribution is -2.54. The van der Waals surface area contributed by atoms with Gasteiger partial charge >= 0.3 is 0 Å². The molecular formula is C32H34ClN3O4. The molecule has 0 bridgehead atoms. The van der Waals surface area contributed by atoms with Crippen LogP contribution in [0.2, 0.25) is 5.02 Å². The van der Waals surface area contributed by atoms with Gasteiger partial charge in [-0.3, -0.25) is 24.1 Å². The van der Waals surface area contributed by atoms with E-state index >= 15 is 0 Å². The Bertz CT molecular complexity index is 1350. The van der Waals surface area contributed by atoms with Gasteiger partial charge in [-0.05, 0) is 62.6 Å². The van der Waals surface area contributed by atoms with Crippen molar-refractivity contribution < 1.29 is 19.2 Å². The summed E-state index contributed by atoms with van der Waals surface area (Å²) in [6.45, 7) is 6.02. The largest absolute Gasteiger partial charge is 0.350 e. The van der Waals surface area contributed by atoms with Crippen molar-refractivity contribution in [1.29, 1.82) is 0 Å². The van der Waals surface area contributed by atoms with Gasteiger partial charge in [0.15, 0.2) is 0 Å². The molecule has 3 aromatic carbocycles. The Balaban J connectivity index is 1.55. The lowest BCUT2D eigenvalue weighted by molar-refractivity contribution is -0.142. The number of hydrogen-bond acceptors (Lipinski definition) is 4. The maximum Gasteiger partial charge on any atom is 0.261 e. The fourth-order valence-corrected chi connectivity index (χ4v) is 4.89. The highest BCUT2D eigenvalue weighted by molar-refractivity contribution is 6.30. The van der Waals surface area contributed by atoms with E-state index in [1.807, 2.05) is 63.2 Å². The number of amides is 4. The average Bonchev–Trinajstić information content (AvgIpc) is 3.16. The molecule has 4 rings (SSSR count). The van der Waals surface area contributed by atoms with E-state index in [9.17, 15) is 19.2 Å². The van der Waals surface area contributed by atoms with Crippen LogP contribution in [0.15, 0.2) is 78.9 Å². The molecule has 0 radical (unpaired) electrons. The number of hydrogen-bond donors (Lipinski definition) is 1. The molecule has 0 unspecified atom stereocenters. The van der Waals surface area contributed by atoms with Crippen LogP contribution in [0.4, 0.5) is 0 Å². The first-order valence-electron chi connectivity index (χ1n) is 13.4. The third-order valence-electron chi connectivity index (χ3n) is 6.69. The van der Waals surface area contributed by atoms with Gasteiger partial charge in [-0.1, -0.05) is 66.2 Å². The summed E-state index contributed by atoms with van der Waals surface area (Å²) in [6, 6.07) is 22.7. The first-order valence-corrected chi connectivity index (χ1v) is 13.8. The van der Waals surface area contributed by atoms with E-state index in [4.69, 9.17) is 11.6 Å². The standard InChI is InChI=1S/C32H34ClN3O4/c1-32(2,3)34-29(38)27(20-22-10-5-4-6-11-22)36(21-23-15-17-24(33)18-16-23)28(37)14-9-19-35-30(39)25-12-7-8-13-26(25)31(35)40/h4-8,10-13,15-18,27H,9,14,19-21H2,1-3H3,(H,34,38)/t27-/m1/s1. The molecule has 0 spiro atoms. The minimum atomic E-state index is -0.774. The average molecular weight is 560 g/mol. The van der Waals surface area contributed by atoms with E-state index in [1.165, 1.54) is 4.90 Å². The molecule has 7 nitrogen and oxygen atoms in total. The van der Waals surface area contributed by atoms with Crippen LogP contribution in [0.5, 0.6) is 0 Å². The molecule has 4 amide bonds. The zero-order chi connectivity index (χ0) is 28.9. The second-order valence-electron chi connectivity index (χ2n) is 11.0. The number of fused-ring (bicyclic) bond motifs is 1. The van der Waals surface area contributed by atoms with E-state index in [1.54, 1.807) is 41.3 Å². The minimum Gasteiger partial charge on any atom is -0.350 e. The number of benzene rings is 3. The van der Waals surface area contributed by atoms with Crippen molar-refractivity contribution in [1.82, 2.24) is 15.1 Å². The van der Waals surface area contributed by atoms with Crippen molar-refractivity contribution in [2.75, 3.05) is 6.54 Å². The van der Waals surface area contributed by atoms with Crippen LogP contribution in [0.25, 0.3) is 0 Å². The molecule has 0 saturated heterocycles. The maximum absolute atomic E-state index is 13.8. The normalized spacial score (nSPS) is 13.7. The maximum atomic E-state index is 13.8. The zero-order valence-electron chi connectivity index (χ0n) is 23.0. The molecule has 1 aliphatic rings. The number of nitrogens with zero attached hydrogens (tertiary/aromatic N) is 2. The Hall–Kier alpha value is -3.97. The SMILES string of the molecule is CC(C)(C)NC(=O)[C@@H](Cc1ccccc1)N(Cc1ccc(Cl)cc1)C(=O)CCCN1C(=O)c2ccccc2C1=O. The first-order chi connectivity index (χ1) is 19.0. The quantitative estimate of drug-likeness (QED) is 0.343. The van der Waals surface area contributed by atoms with Gasteiger partial charge in [-0.15, -0.1) is 0 Å². The van der Waals surface area contributed by atoms with Gasteiger partial charge in [0.05, 0.1) is 11.1 Å². The van der Waals surface area contributed by atoms with E-state index in [2.05, 4.69) is 5.32 Å². The monoisotopic (exact) mass is 559 g/mol. The Kier molecular flexibility index (Phi) is 9.05. The lowest BCUT2D eigenvalue weighted by Gasteiger charge is -2.34. The van der Waals surface area contributed by atoms with Crippen LogP contribution >= 0.6 is 11.6 Å². The third kappa shape index (κ3) is 7.16. The molecular weight excluding hydrogens is 526 g/mol. The van der Waals surface area contributed by atoms with E-state index in [0.29, 0.717) is 22.6 Å². The summed E-state index contributed by atoms with van der Waals surface area (Å²) in [5.74, 6) is -1.19. The molecule has 40 heavy (non-hydrogen) atoms. The fourth-order valence-electron chi connectivity index (χ4n) is 4.77. The summed E-state index contributed by atoms with van der Waals surface area (Å²) < 4.78 is 0. The fraction of sp³-hybridized carbons (Fsp3) is 0.312. The summed E-state index contributed by atoms with van der Waals surface area (Å²) in [6.07, 6.45) is 0.677. The first kappa shape index (κ1) is 29.0. The number of carbonyl (C=O) groups excluding carboxylic acids is 4. The Morgan fingerprint density at radius 2 is 1.43 bits per heavy atom.